The standard InChI is InChI=1S/C15H13ClN2O2/c16-13-5-1-11(2-6-13)4-8-15(20)18-14-7-3-12(10-19)9-17-14/h1-9,19H,10H2,(H,17,18,20)/b8-4+. The van der Waals surface area contributed by atoms with Crippen LogP contribution in [0.3, 0.4) is 0 Å². The van der Waals surface area contributed by atoms with E-state index in [1.54, 1.807) is 30.3 Å². The molecule has 4 nitrogen and oxygen atoms in total. The second-order valence-corrected chi connectivity index (χ2v) is 4.52. The zero-order valence-electron chi connectivity index (χ0n) is 10.6. The van der Waals surface area contributed by atoms with Crippen LogP contribution < -0.4 is 5.32 Å². The van der Waals surface area contributed by atoms with Crippen LogP contribution >= 0.6 is 11.6 Å². The second kappa shape index (κ2) is 6.84. The second-order valence-electron chi connectivity index (χ2n) is 4.08. The first kappa shape index (κ1) is 14.2. The molecule has 2 rings (SSSR count). The van der Waals surface area contributed by atoms with Gasteiger partial charge in [0.2, 0.25) is 5.91 Å². The van der Waals surface area contributed by atoms with Gasteiger partial charge in [0, 0.05) is 17.3 Å². The van der Waals surface area contributed by atoms with Gasteiger partial charge in [-0.2, -0.15) is 0 Å². The first-order valence-corrected chi connectivity index (χ1v) is 6.35. The third-order valence-corrected chi connectivity index (χ3v) is 2.81. The summed E-state index contributed by atoms with van der Waals surface area (Å²) in [5.74, 6) is 0.164. The number of benzene rings is 1. The summed E-state index contributed by atoms with van der Waals surface area (Å²) in [7, 11) is 0. The molecule has 5 heteroatoms. The zero-order chi connectivity index (χ0) is 14.4. The maximum atomic E-state index is 11.7. The van der Waals surface area contributed by atoms with E-state index in [0.29, 0.717) is 16.4 Å². The number of hydrogen-bond donors (Lipinski definition) is 2. The van der Waals surface area contributed by atoms with Gasteiger partial charge >= 0.3 is 0 Å². The number of nitrogens with zero attached hydrogens (tertiary/aromatic N) is 1. The van der Waals surface area contributed by atoms with Crippen LogP contribution in [0.5, 0.6) is 0 Å². The minimum Gasteiger partial charge on any atom is -0.392 e. The first-order chi connectivity index (χ1) is 9.67. The minimum atomic E-state index is -0.274. The average molecular weight is 289 g/mol. The lowest BCUT2D eigenvalue weighted by Gasteiger charge is -2.01. The van der Waals surface area contributed by atoms with Crippen LogP contribution in [0.2, 0.25) is 5.02 Å². The number of anilines is 1. The van der Waals surface area contributed by atoms with Gasteiger partial charge in [-0.3, -0.25) is 4.79 Å². The monoisotopic (exact) mass is 288 g/mol. The van der Waals surface area contributed by atoms with E-state index in [-0.39, 0.29) is 12.5 Å². The summed E-state index contributed by atoms with van der Waals surface area (Å²) in [6.07, 6.45) is 4.62. The maximum absolute atomic E-state index is 11.7. The van der Waals surface area contributed by atoms with Gasteiger partial charge in [0.15, 0.2) is 0 Å². The van der Waals surface area contributed by atoms with Gasteiger partial charge in [0.1, 0.15) is 5.82 Å². The average Bonchev–Trinajstić information content (AvgIpc) is 2.47. The summed E-state index contributed by atoms with van der Waals surface area (Å²) >= 11 is 5.78. The molecular formula is C15H13ClN2O2. The Morgan fingerprint density at radius 3 is 2.60 bits per heavy atom. The number of amides is 1. The fourth-order valence-electron chi connectivity index (χ4n) is 1.51. The normalized spacial score (nSPS) is 10.7. The van der Waals surface area contributed by atoms with Gasteiger partial charge in [0.05, 0.1) is 6.61 Å². The van der Waals surface area contributed by atoms with Crippen molar-refractivity contribution in [1.82, 2.24) is 4.98 Å². The number of carbonyl (C=O) groups excluding carboxylic acids is 1. The van der Waals surface area contributed by atoms with E-state index in [1.807, 2.05) is 12.1 Å². The van der Waals surface area contributed by atoms with E-state index >= 15 is 0 Å². The predicted molar refractivity (Wildman–Crippen MR) is 79.3 cm³/mol. The van der Waals surface area contributed by atoms with Crippen LogP contribution in [0, 0.1) is 0 Å². The highest BCUT2D eigenvalue weighted by molar-refractivity contribution is 6.30. The Morgan fingerprint density at radius 2 is 2.00 bits per heavy atom. The number of pyridine rings is 1. The molecule has 20 heavy (non-hydrogen) atoms. The van der Waals surface area contributed by atoms with Crippen LogP contribution in [-0.4, -0.2) is 16.0 Å². The van der Waals surface area contributed by atoms with Crippen LogP contribution in [0.25, 0.3) is 6.08 Å². The third kappa shape index (κ3) is 4.19. The first-order valence-electron chi connectivity index (χ1n) is 5.98. The van der Waals surface area contributed by atoms with E-state index in [9.17, 15) is 4.79 Å². The van der Waals surface area contributed by atoms with Crippen molar-refractivity contribution >= 4 is 29.4 Å². The zero-order valence-corrected chi connectivity index (χ0v) is 11.3. The Morgan fingerprint density at radius 1 is 1.25 bits per heavy atom. The van der Waals surface area contributed by atoms with Gasteiger partial charge in [0.25, 0.3) is 0 Å². The van der Waals surface area contributed by atoms with Crippen molar-refractivity contribution in [3.05, 3.63) is 64.8 Å². The lowest BCUT2D eigenvalue weighted by atomic mass is 10.2. The van der Waals surface area contributed by atoms with Crippen LogP contribution in [-0.2, 0) is 11.4 Å². The Kier molecular flexibility index (Phi) is 4.87. The smallest absolute Gasteiger partial charge is 0.249 e. The van der Waals surface area contributed by atoms with Crippen molar-refractivity contribution in [2.75, 3.05) is 5.32 Å². The number of hydrogen-bond acceptors (Lipinski definition) is 3. The molecule has 2 N–H and O–H groups in total. The van der Waals surface area contributed by atoms with Crippen molar-refractivity contribution in [1.29, 1.82) is 0 Å². The number of aliphatic hydroxyl groups excluding tert-OH is 1. The molecule has 1 amide bonds. The highest BCUT2D eigenvalue weighted by atomic mass is 35.5. The summed E-state index contributed by atoms with van der Waals surface area (Å²) in [6, 6.07) is 10.5. The number of halogens is 1. The lowest BCUT2D eigenvalue weighted by molar-refractivity contribution is -0.111. The van der Waals surface area contributed by atoms with E-state index < -0.39 is 0 Å². The number of carbonyl (C=O) groups is 1. The minimum absolute atomic E-state index is 0.0717. The maximum Gasteiger partial charge on any atom is 0.249 e. The van der Waals surface area contributed by atoms with E-state index in [1.165, 1.54) is 12.3 Å². The summed E-state index contributed by atoms with van der Waals surface area (Å²) in [5, 5.41) is 12.2. The predicted octanol–water partition coefficient (Wildman–Crippen LogP) is 2.88. The van der Waals surface area contributed by atoms with Crippen molar-refractivity contribution in [3.63, 3.8) is 0 Å². The molecule has 0 unspecified atom stereocenters. The van der Waals surface area contributed by atoms with E-state index in [0.717, 1.165) is 5.56 Å². The quantitative estimate of drug-likeness (QED) is 0.851. The Labute approximate surface area is 121 Å². The molecule has 1 heterocycles. The lowest BCUT2D eigenvalue weighted by Crippen LogP contribution is -2.09. The number of rotatable bonds is 4. The Balaban J connectivity index is 1.96. The van der Waals surface area contributed by atoms with Gasteiger partial charge in [-0.25, -0.2) is 4.98 Å². The van der Waals surface area contributed by atoms with Crippen molar-refractivity contribution < 1.29 is 9.90 Å². The van der Waals surface area contributed by atoms with Crippen molar-refractivity contribution in [3.8, 4) is 0 Å². The molecule has 0 aliphatic rings. The third-order valence-electron chi connectivity index (χ3n) is 2.56. The van der Waals surface area contributed by atoms with E-state index in [2.05, 4.69) is 10.3 Å². The fourth-order valence-corrected chi connectivity index (χ4v) is 1.63. The summed E-state index contributed by atoms with van der Waals surface area (Å²) in [5.41, 5.74) is 1.58. The van der Waals surface area contributed by atoms with Crippen molar-refractivity contribution in [2.24, 2.45) is 0 Å². The molecule has 1 aromatic carbocycles. The SMILES string of the molecule is O=C(/C=C/c1ccc(Cl)cc1)Nc1ccc(CO)cn1. The molecule has 1 aromatic heterocycles. The van der Waals surface area contributed by atoms with Crippen LogP contribution in [0.15, 0.2) is 48.7 Å². The molecule has 0 bridgehead atoms. The highest BCUT2D eigenvalue weighted by Gasteiger charge is 1.99. The number of nitrogens with one attached hydrogen (secondary N) is 1. The highest BCUT2D eigenvalue weighted by Crippen LogP contribution is 2.11. The number of aliphatic hydroxyl groups is 1. The van der Waals surface area contributed by atoms with Gasteiger partial charge in [-0.05, 0) is 35.4 Å². The van der Waals surface area contributed by atoms with Gasteiger partial charge < -0.3 is 10.4 Å². The Bertz CT molecular complexity index is 607. The molecular weight excluding hydrogens is 276 g/mol. The molecule has 2 aromatic rings. The molecule has 102 valence electrons. The topological polar surface area (TPSA) is 62.2 Å². The van der Waals surface area contributed by atoms with Crippen LogP contribution in [0.4, 0.5) is 5.82 Å². The fraction of sp³-hybridized carbons (Fsp3) is 0.0667. The molecule has 0 saturated carbocycles. The van der Waals surface area contributed by atoms with Gasteiger partial charge in [-0.1, -0.05) is 29.8 Å². The van der Waals surface area contributed by atoms with Crippen LogP contribution in [0.1, 0.15) is 11.1 Å². The largest absolute Gasteiger partial charge is 0.392 e. The Hall–Kier alpha value is -2.17. The molecule has 0 aliphatic heterocycles. The molecule has 0 radical (unpaired) electrons. The summed E-state index contributed by atoms with van der Waals surface area (Å²) in [6.45, 7) is -0.0717. The molecule has 0 fully saturated rings. The van der Waals surface area contributed by atoms with Gasteiger partial charge in [-0.15, -0.1) is 0 Å². The summed E-state index contributed by atoms with van der Waals surface area (Å²) < 4.78 is 0. The molecule has 0 spiro atoms. The van der Waals surface area contributed by atoms with Crippen molar-refractivity contribution in [2.45, 2.75) is 6.61 Å². The molecule has 0 atom stereocenters. The molecule has 0 aliphatic carbocycles. The molecule has 0 saturated heterocycles. The number of aromatic nitrogens is 1. The summed E-state index contributed by atoms with van der Waals surface area (Å²) in [4.78, 5) is 15.7. The van der Waals surface area contributed by atoms with E-state index in [4.69, 9.17) is 16.7 Å².